The molecule has 1 aromatic rings. The molecule has 16 heavy (non-hydrogen) atoms. The van der Waals surface area contributed by atoms with Crippen LogP contribution in [0.15, 0.2) is 11.2 Å². The Kier molecular flexibility index (Phi) is 3.88. The first kappa shape index (κ1) is 11.5. The monoisotopic (exact) mass is 240 g/mol. The molecule has 0 saturated heterocycles. The third-order valence-corrected chi connectivity index (χ3v) is 3.79. The van der Waals surface area contributed by atoms with Gasteiger partial charge in [0.05, 0.1) is 6.07 Å². The molecular formula is C11H16N2O2S. The van der Waals surface area contributed by atoms with E-state index in [1.54, 1.807) is 0 Å². The maximum absolute atomic E-state index is 9.18. The van der Waals surface area contributed by atoms with Gasteiger partial charge in [-0.05, 0) is 12.3 Å². The van der Waals surface area contributed by atoms with Crippen molar-refractivity contribution in [3.05, 3.63) is 6.07 Å². The van der Waals surface area contributed by atoms with Gasteiger partial charge in [-0.25, -0.2) is 0 Å². The summed E-state index contributed by atoms with van der Waals surface area (Å²) in [5, 5.41) is 18.8. The third kappa shape index (κ3) is 3.27. The number of aromatic hydroxyl groups is 2. The molecule has 0 aromatic carbocycles. The molecule has 0 unspecified atom stereocenters. The molecule has 0 amide bonds. The van der Waals surface area contributed by atoms with Crippen molar-refractivity contribution in [3.8, 4) is 11.8 Å². The molecule has 4 nitrogen and oxygen atoms in total. The van der Waals surface area contributed by atoms with Gasteiger partial charge in [-0.2, -0.15) is 9.97 Å². The minimum Gasteiger partial charge on any atom is -0.493 e. The first-order chi connectivity index (χ1) is 7.74. The molecule has 2 N–H and O–H groups in total. The van der Waals surface area contributed by atoms with Crippen molar-refractivity contribution in [2.75, 3.05) is 5.75 Å². The quantitative estimate of drug-likeness (QED) is 0.625. The predicted octanol–water partition coefficient (Wildman–Crippen LogP) is 2.56. The zero-order valence-electron chi connectivity index (χ0n) is 9.09. The third-order valence-electron chi connectivity index (χ3n) is 2.91. The summed E-state index contributed by atoms with van der Waals surface area (Å²) < 4.78 is 0. The van der Waals surface area contributed by atoms with E-state index in [1.165, 1.54) is 43.9 Å². The Balaban J connectivity index is 1.80. The lowest BCUT2D eigenvalue weighted by Gasteiger charge is -2.07. The van der Waals surface area contributed by atoms with E-state index in [4.69, 9.17) is 0 Å². The molecule has 5 heteroatoms. The van der Waals surface area contributed by atoms with Crippen LogP contribution in [-0.4, -0.2) is 25.9 Å². The minimum atomic E-state index is -0.170. The van der Waals surface area contributed by atoms with Gasteiger partial charge in [0.25, 0.3) is 0 Å². The van der Waals surface area contributed by atoms with Crippen molar-refractivity contribution in [1.82, 2.24) is 9.97 Å². The average molecular weight is 240 g/mol. The van der Waals surface area contributed by atoms with Crippen molar-refractivity contribution >= 4 is 11.8 Å². The van der Waals surface area contributed by atoms with Gasteiger partial charge in [0.1, 0.15) is 0 Å². The van der Waals surface area contributed by atoms with Crippen LogP contribution in [0.2, 0.25) is 0 Å². The Labute approximate surface area is 99.1 Å². The molecule has 0 atom stereocenters. The Morgan fingerprint density at radius 3 is 2.44 bits per heavy atom. The fourth-order valence-corrected chi connectivity index (χ4v) is 3.03. The summed E-state index contributed by atoms with van der Waals surface area (Å²) in [5.74, 6) is 1.46. The Bertz CT molecular complexity index is 334. The molecule has 1 aromatic heterocycles. The van der Waals surface area contributed by atoms with E-state index in [9.17, 15) is 10.2 Å². The summed E-state index contributed by atoms with van der Waals surface area (Å²) in [6.45, 7) is 0. The number of nitrogens with zero attached hydrogens (tertiary/aromatic N) is 2. The second-order valence-corrected chi connectivity index (χ2v) is 5.22. The van der Waals surface area contributed by atoms with Gasteiger partial charge in [0.2, 0.25) is 11.8 Å². The maximum Gasteiger partial charge on any atom is 0.218 e. The van der Waals surface area contributed by atoms with Crippen molar-refractivity contribution in [2.24, 2.45) is 5.92 Å². The van der Waals surface area contributed by atoms with Crippen molar-refractivity contribution < 1.29 is 10.2 Å². The van der Waals surface area contributed by atoms with E-state index in [0.29, 0.717) is 5.16 Å². The molecule has 1 heterocycles. The smallest absolute Gasteiger partial charge is 0.218 e. The van der Waals surface area contributed by atoms with Crippen molar-refractivity contribution in [2.45, 2.75) is 37.3 Å². The molecular weight excluding hydrogens is 224 g/mol. The first-order valence-corrected chi connectivity index (χ1v) is 6.62. The van der Waals surface area contributed by atoms with E-state index in [0.717, 1.165) is 17.7 Å². The Morgan fingerprint density at radius 2 is 1.81 bits per heavy atom. The highest BCUT2D eigenvalue weighted by molar-refractivity contribution is 7.99. The highest BCUT2D eigenvalue weighted by atomic mass is 32.2. The zero-order chi connectivity index (χ0) is 11.4. The van der Waals surface area contributed by atoms with Crippen LogP contribution in [0.25, 0.3) is 0 Å². The Morgan fingerprint density at radius 1 is 1.19 bits per heavy atom. The first-order valence-electron chi connectivity index (χ1n) is 5.64. The summed E-state index contributed by atoms with van der Waals surface area (Å²) in [7, 11) is 0. The maximum atomic E-state index is 9.18. The summed E-state index contributed by atoms with van der Waals surface area (Å²) in [6.07, 6.45) is 6.57. The number of rotatable bonds is 4. The van der Waals surface area contributed by atoms with Gasteiger partial charge in [-0.3, -0.25) is 0 Å². The molecule has 1 fully saturated rings. The number of hydrogen-bond donors (Lipinski definition) is 2. The lowest BCUT2D eigenvalue weighted by molar-refractivity contribution is 0.411. The van der Waals surface area contributed by atoms with Crippen molar-refractivity contribution in [3.63, 3.8) is 0 Å². The normalized spacial score (nSPS) is 16.8. The highest BCUT2D eigenvalue weighted by Crippen LogP contribution is 2.30. The average Bonchev–Trinajstić information content (AvgIpc) is 2.69. The van der Waals surface area contributed by atoms with E-state index in [1.807, 2.05) is 0 Å². The van der Waals surface area contributed by atoms with Gasteiger partial charge >= 0.3 is 0 Å². The lowest BCUT2D eigenvalue weighted by atomic mass is 10.1. The van der Waals surface area contributed by atoms with Gasteiger partial charge < -0.3 is 10.2 Å². The van der Waals surface area contributed by atoms with Crippen LogP contribution in [0.4, 0.5) is 0 Å². The van der Waals surface area contributed by atoms with Crippen LogP contribution >= 0.6 is 11.8 Å². The molecule has 1 aliphatic carbocycles. The summed E-state index contributed by atoms with van der Waals surface area (Å²) in [5.41, 5.74) is 0. The van der Waals surface area contributed by atoms with Crippen LogP contribution in [-0.2, 0) is 0 Å². The lowest BCUT2D eigenvalue weighted by Crippen LogP contribution is -1.96. The second-order valence-electron chi connectivity index (χ2n) is 4.15. The predicted molar refractivity (Wildman–Crippen MR) is 62.7 cm³/mol. The van der Waals surface area contributed by atoms with Crippen LogP contribution in [0.1, 0.15) is 32.1 Å². The second kappa shape index (κ2) is 5.39. The topological polar surface area (TPSA) is 66.2 Å². The van der Waals surface area contributed by atoms with E-state index >= 15 is 0 Å². The summed E-state index contributed by atoms with van der Waals surface area (Å²) in [6, 6.07) is 1.14. The van der Waals surface area contributed by atoms with Crippen molar-refractivity contribution in [1.29, 1.82) is 0 Å². The zero-order valence-corrected chi connectivity index (χ0v) is 9.91. The van der Waals surface area contributed by atoms with Crippen LogP contribution < -0.4 is 0 Å². The molecule has 1 saturated carbocycles. The van der Waals surface area contributed by atoms with E-state index < -0.39 is 0 Å². The fourth-order valence-electron chi connectivity index (χ4n) is 2.08. The number of hydrogen-bond acceptors (Lipinski definition) is 5. The largest absolute Gasteiger partial charge is 0.493 e. The highest BCUT2D eigenvalue weighted by Gasteiger charge is 2.14. The molecule has 0 spiro atoms. The Hall–Kier alpha value is -0.970. The molecule has 0 radical (unpaired) electrons. The molecule has 88 valence electrons. The van der Waals surface area contributed by atoms with E-state index in [2.05, 4.69) is 9.97 Å². The summed E-state index contributed by atoms with van der Waals surface area (Å²) >= 11 is 1.49. The molecule has 1 aliphatic rings. The van der Waals surface area contributed by atoms with Gasteiger partial charge in [0, 0.05) is 5.75 Å². The molecule has 2 rings (SSSR count). The van der Waals surface area contributed by atoms with Gasteiger partial charge in [0.15, 0.2) is 5.16 Å². The number of thioether (sulfide) groups is 1. The number of aromatic nitrogens is 2. The van der Waals surface area contributed by atoms with Crippen LogP contribution in [0.3, 0.4) is 0 Å². The van der Waals surface area contributed by atoms with Crippen LogP contribution in [0.5, 0.6) is 11.8 Å². The van der Waals surface area contributed by atoms with Crippen LogP contribution in [0, 0.1) is 5.92 Å². The summed E-state index contributed by atoms with van der Waals surface area (Å²) in [4.78, 5) is 7.69. The minimum absolute atomic E-state index is 0.170. The molecule has 0 aliphatic heterocycles. The molecule has 0 bridgehead atoms. The van der Waals surface area contributed by atoms with Gasteiger partial charge in [-0.15, -0.1) is 0 Å². The van der Waals surface area contributed by atoms with E-state index in [-0.39, 0.29) is 11.8 Å². The fraction of sp³-hybridized carbons (Fsp3) is 0.636. The SMILES string of the molecule is Oc1cc(O)nc(SCCC2CCCC2)n1. The standard InChI is InChI=1S/C11H16N2O2S/c14-9-7-10(15)13-11(12-9)16-6-5-8-3-1-2-4-8/h7-8H,1-6H2,(H2,12,13,14,15). The van der Waals surface area contributed by atoms with Gasteiger partial charge in [-0.1, -0.05) is 37.4 Å².